The number of hydrogen-bond donors (Lipinski definition) is 3. The molecular weight excluding hydrogens is 402 g/mol. The Morgan fingerprint density at radius 3 is 2.30 bits per heavy atom. The number of rotatable bonds is 5. The van der Waals surface area contributed by atoms with Crippen LogP contribution in [0, 0.1) is 0 Å². The minimum absolute atomic E-state index is 0.167. The summed E-state index contributed by atoms with van der Waals surface area (Å²) in [6.45, 7) is 1.08. The zero-order valence-electron chi connectivity index (χ0n) is 13.6. The first-order valence-corrected chi connectivity index (χ1v) is 7.75. The summed E-state index contributed by atoms with van der Waals surface area (Å²) in [7, 11) is 0. The first-order valence-electron chi connectivity index (χ1n) is 7.37. The van der Waals surface area contributed by atoms with Crippen LogP contribution < -0.4 is 10.6 Å². The third-order valence-electron chi connectivity index (χ3n) is 3.21. The summed E-state index contributed by atoms with van der Waals surface area (Å²) in [6, 6.07) is 2.69. The second-order valence-electron chi connectivity index (χ2n) is 5.51. The minimum Gasteiger partial charge on any atom is -0.394 e. The van der Waals surface area contributed by atoms with Gasteiger partial charge >= 0.3 is 12.4 Å². The van der Waals surface area contributed by atoms with Crippen molar-refractivity contribution in [2.24, 2.45) is 0 Å². The van der Waals surface area contributed by atoms with E-state index in [1.54, 1.807) is 0 Å². The molecule has 1 aromatic carbocycles. The predicted molar refractivity (Wildman–Crippen MR) is 86.9 cm³/mol. The third-order valence-corrected chi connectivity index (χ3v) is 3.54. The van der Waals surface area contributed by atoms with Crippen molar-refractivity contribution in [1.29, 1.82) is 0 Å². The number of nitrogens with zero attached hydrogens (tertiary/aromatic N) is 2. The van der Waals surface area contributed by atoms with Crippen molar-refractivity contribution in [1.82, 2.24) is 9.97 Å². The van der Waals surface area contributed by atoms with E-state index in [-0.39, 0.29) is 11.5 Å². The highest BCUT2D eigenvalue weighted by Gasteiger charge is 2.35. The van der Waals surface area contributed by atoms with Crippen LogP contribution in [0.15, 0.2) is 24.3 Å². The molecule has 2 aromatic rings. The Bertz CT molecular complexity index is 812. The van der Waals surface area contributed by atoms with Crippen molar-refractivity contribution in [3.05, 3.63) is 40.5 Å². The molecule has 3 N–H and O–H groups in total. The molecule has 0 aliphatic heterocycles. The van der Waals surface area contributed by atoms with Crippen molar-refractivity contribution >= 4 is 29.1 Å². The molecule has 0 aliphatic carbocycles. The fourth-order valence-corrected chi connectivity index (χ4v) is 2.18. The second-order valence-corrected chi connectivity index (χ2v) is 5.91. The van der Waals surface area contributed by atoms with Crippen LogP contribution in [0.5, 0.6) is 0 Å². The van der Waals surface area contributed by atoms with E-state index in [2.05, 4.69) is 20.6 Å². The number of aliphatic hydroxyl groups is 1. The van der Waals surface area contributed by atoms with Crippen LogP contribution in [-0.2, 0) is 12.4 Å². The van der Waals surface area contributed by atoms with Gasteiger partial charge in [-0.3, -0.25) is 0 Å². The summed E-state index contributed by atoms with van der Waals surface area (Å²) in [4.78, 5) is 7.09. The summed E-state index contributed by atoms with van der Waals surface area (Å²) >= 11 is 5.51. The highest BCUT2D eigenvalue weighted by Crippen LogP contribution is 2.37. The highest BCUT2D eigenvalue weighted by molar-refractivity contribution is 6.31. The molecule has 0 fully saturated rings. The van der Waals surface area contributed by atoms with Crippen molar-refractivity contribution < 1.29 is 31.4 Å². The lowest BCUT2D eigenvalue weighted by Gasteiger charge is -2.16. The normalized spacial score (nSPS) is 13.4. The Labute approximate surface area is 154 Å². The molecule has 1 heterocycles. The van der Waals surface area contributed by atoms with Gasteiger partial charge in [-0.25, -0.2) is 4.98 Å². The van der Waals surface area contributed by atoms with Crippen LogP contribution in [0.1, 0.15) is 18.2 Å². The molecule has 0 aliphatic rings. The number of alkyl halides is 6. The van der Waals surface area contributed by atoms with Gasteiger partial charge in [0.25, 0.3) is 0 Å². The Morgan fingerprint density at radius 1 is 1.07 bits per heavy atom. The summed E-state index contributed by atoms with van der Waals surface area (Å²) in [5.74, 6) is -0.834. The molecule has 1 atom stereocenters. The van der Waals surface area contributed by atoms with Gasteiger partial charge in [0.05, 0.1) is 17.2 Å². The molecule has 0 spiro atoms. The monoisotopic (exact) mass is 414 g/mol. The van der Waals surface area contributed by atoms with Crippen LogP contribution >= 0.6 is 11.6 Å². The van der Waals surface area contributed by atoms with Crippen LogP contribution in [-0.4, -0.2) is 27.7 Å². The fourth-order valence-electron chi connectivity index (χ4n) is 1.96. The maximum atomic E-state index is 13.0. The van der Waals surface area contributed by atoms with Gasteiger partial charge in [-0.15, -0.1) is 0 Å². The number of aromatic nitrogens is 2. The molecule has 5 nitrogen and oxygen atoms in total. The van der Waals surface area contributed by atoms with Gasteiger partial charge in [0.1, 0.15) is 5.82 Å². The quantitative estimate of drug-likeness (QED) is 0.618. The molecule has 2 rings (SSSR count). The van der Waals surface area contributed by atoms with E-state index < -0.39 is 47.2 Å². The van der Waals surface area contributed by atoms with Crippen molar-refractivity contribution in [3.8, 4) is 0 Å². The molecule has 0 amide bonds. The van der Waals surface area contributed by atoms with Crippen LogP contribution in [0.4, 0.5) is 43.8 Å². The van der Waals surface area contributed by atoms with Gasteiger partial charge in [0.15, 0.2) is 5.69 Å². The number of nitrogens with one attached hydrogen (secondary N) is 2. The van der Waals surface area contributed by atoms with E-state index in [9.17, 15) is 26.3 Å². The van der Waals surface area contributed by atoms with E-state index >= 15 is 0 Å². The molecule has 148 valence electrons. The van der Waals surface area contributed by atoms with Gasteiger partial charge < -0.3 is 15.7 Å². The topological polar surface area (TPSA) is 70.1 Å². The predicted octanol–water partition coefficient (Wildman–Crippen LogP) is 4.70. The second kappa shape index (κ2) is 7.77. The van der Waals surface area contributed by atoms with Gasteiger partial charge in [0.2, 0.25) is 5.95 Å². The van der Waals surface area contributed by atoms with E-state index in [1.165, 1.54) is 6.92 Å². The van der Waals surface area contributed by atoms with Gasteiger partial charge in [-0.2, -0.15) is 31.3 Å². The van der Waals surface area contributed by atoms with Crippen molar-refractivity contribution in [2.75, 3.05) is 17.2 Å². The zero-order valence-corrected chi connectivity index (χ0v) is 14.3. The molecule has 0 saturated heterocycles. The lowest BCUT2D eigenvalue weighted by atomic mass is 10.2. The van der Waals surface area contributed by atoms with Gasteiger partial charge in [-0.05, 0) is 25.1 Å². The third kappa shape index (κ3) is 5.60. The number of anilines is 3. The van der Waals surface area contributed by atoms with E-state index in [0.717, 1.165) is 12.1 Å². The number of hydrogen-bond acceptors (Lipinski definition) is 5. The summed E-state index contributed by atoms with van der Waals surface area (Å²) < 4.78 is 77.8. The zero-order chi connectivity index (χ0) is 20.4. The number of benzene rings is 1. The number of aliphatic hydroxyl groups excluding tert-OH is 1. The molecule has 27 heavy (non-hydrogen) atoms. The first-order chi connectivity index (χ1) is 12.4. The molecule has 0 bridgehead atoms. The van der Waals surface area contributed by atoms with E-state index in [0.29, 0.717) is 12.1 Å². The molecular formula is C15H13ClF6N4O. The molecule has 0 radical (unpaired) electrons. The first kappa shape index (κ1) is 21.0. The average Bonchev–Trinajstić information content (AvgIpc) is 2.54. The minimum atomic E-state index is -4.81. The standard InChI is InChI=1S/C15H13ClF6N4O/c1-7(6-27)23-13-25-11(15(20,21)22)5-12(26-13)24-8-2-3-10(16)9(4-8)14(17,18)19/h2-5,7,27H,6H2,1H3,(H2,23,24,25,26)/t7-/m0/s1. The summed E-state index contributed by atoms with van der Waals surface area (Å²) in [5.41, 5.74) is -2.62. The Morgan fingerprint density at radius 2 is 1.74 bits per heavy atom. The van der Waals surface area contributed by atoms with Crippen LogP contribution in [0.25, 0.3) is 0 Å². The van der Waals surface area contributed by atoms with E-state index in [4.69, 9.17) is 16.7 Å². The summed E-state index contributed by atoms with van der Waals surface area (Å²) in [5, 5.41) is 13.3. The molecule has 1 aromatic heterocycles. The van der Waals surface area contributed by atoms with Crippen molar-refractivity contribution in [2.45, 2.75) is 25.3 Å². The molecule has 0 unspecified atom stereocenters. The Kier molecular flexibility index (Phi) is 6.05. The van der Waals surface area contributed by atoms with Gasteiger partial charge in [-0.1, -0.05) is 11.6 Å². The molecule has 0 saturated carbocycles. The lowest BCUT2D eigenvalue weighted by Crippen LogP contribution is -2.22. The number of halogens is 7. The average molecular weight is 415 g/mol. The highest BCUT2D eigenvalue weighted by atomic mass is 35.5. The van der Waals surface area contributed by atoms with E-state index in [1.807, 2.05) is 0 Å². The van der Waals surface area contributed by atoms with Crippen LogP contribution in [0.2, 0.25) is 5.02 Å². The lowest BCUT2D eigenvalue weighted by molar-refractivity contribution is -0.141. The summed E-state index contributed by atoms with van der Waals surface area (Å²) in [6.07, 6.45) is -9.55. The Balaban J connectivity index is 2.42. The van der Waals surface area contributed by atoms with Crippen molar-refractivity contribution in [3.63, 3.8) is 0 Å². The molecule has 12 heteroatoms. The maximum Gasteiger partial charge on any atom is 0.433 e. The SMILES string of the molecule is C[C@@H](CO)Nc1nc(Nc2ccc(Cl)c(C(F)(F)F)c2)cc(C(F)(F)F)n1. The Hall–Kier alpha value is -2.27. The van der Waals surface area contributed by atoms with Crippen LogP contribution in [0.3, 0.4) is 0 Å². The largest absolute Gasteiger partial charge is 0.433 e. The van der Waals surface area contributed by atoms with Gasteiger partial charge in [0, 0.05) is 17.8 Å². The smallest absolute Gasteiger partial charge is 0.394 e. The maximum absolute atomic E-state index is 13.0. The fraction of sp³-hybridized carbons (Fsp3) is 0.333.